The van der Waals surface area contributed by atoms with Crippen LogP contribution < -0.4 is 5.32 Å². The molecule has 2 fully saturated rings. The summed E-state index contributed by atoms with van der Waals surface area (Å²) in [6.45, 7) is 10.9. The van der Waals surface area contributed by atoms with Crippen molar-refractivity contribution in [2.24, 2.45) is 11.8 Å². The number of hydrogen-bond donors (Lipinski definition) is 1. The van der Waals surface area contributed by atoms with Crippen LogP contribution in [0.15, 0.2) is 0 Å². The first-order valence-corrected chi connectivity index (χ1v) is 7.12. The minimum Gasteiger partial charge on any atom is -0.313 e. The van der Waals surface area contributed by atoms with Crippen molar-refractivity contribution in [3.05, 3.63) is 0 Å². The third kappa shape index (κ3) is 3.74. The van der Waals surface area contributed by atoms with E-state index in [0.29, 0.717) is 0 Å². The molecule has 1 N–H and O–H groups in total. The Morgan fingerprint density at radius 3 is 2.62 bits per heavy atom. The highest BCUT2D eigenvalue weighted by molar-refractivity contribution is 4.85. The third-order valence-electron chi connectivity index (χ3n) is 4.02. The maximum atomic E-state index is 3.73. The molecule has 0 aromatic heterocycles. The summed E-state index contributed by atoms with van der Waals surface area (Å²) in [5, 5.41) is 3.73. The van der Waals surface area contributed by atoms with E-state index in [4.69, 9.17) is 0 Å². The Balaban J connectivity index is 1.86. The van der Waals surface area contributed by atoms with Gasteiger partial charge < -0.3 is 5.32 Å². The molecule has 94 valence electrons. The first-order valence-electron chi connectivity index (χ1n) is 7.12. The normalized spacial score (nSPS) is 33.0. The molecule has 0 aromatic carbocycles. The fourth-order valence-corrected chi connectivity index (χ4v) is 2.82. The zero-order valence-corrected chi connectivity index (χ0v) is 11.2. The van der Waals surface area contributed by atoms with Gasteiger partial charge in [-0.1, -0.05) is 13.8 Å². The van der Waals surface area contributed by atoms with E-state index < -0.39 is 0 Å². The Morgan fingerprint density at radius 2 is 2.00 bits per heavy atom. The summed E-state index contributed by atoms with van der Waals surface area (Å²) in [5.41, 5.74) is 0. The molecule has 2 aliphatic rings. The van der Waals surface area contributed by atoms with E-state index in [1.165, 1.54) is 45.3 Å². The topological polar surface area (TPSA) is 15.3 Å². The van der Waals surface area contributed by atoms with Crippen molar-refractivity contribution in [1.82, 2.24) is 10.2 Å². The van der Waals surface area contributed by atoms with Crippen molar-refractivity contribution < 1.29 is 0 Å². The summed E-state index contributed by atoms with van der Waals surface area (Å²) < 4.78 is 0. The van der Waals surface area contributed by atoms with E-state index in [9.17, 15) is 0 Å². The summed E-state index contributed by atoms with van der Waals surface area (Å²) in [7, 11) is 0. The summed E-state index contributed by atoms with van der Waals surface area (Å²) in [4.78, 5) is 2.74. The fraction of sp³-hybridized carbons (Fsp3) is 1.00. The van der Waals surface area contributed by atoms with Crippen LogP contribution in [0.5, 0.6) is 0 Å². The molecule has 1 saturated heterocycles. The molecule has 1 aliphatic carbocycles. The molecule has 0 spiro atoms. The van der Waals surface area contributed by atoms with E-state index >= 15 is 0 Å². The first-order chi connectivity index (χ1) is 7.65. The Labute approximate surface area is 101 Å². The van der Waals surface area contributed by atoms with Crippen LogP contribution in [-0.4, -0.2) is 36.6 Å². The number of nitrogens with one attached hydrogen (secondary N) is 1. The highest BCUT2D eigenvalue weighted by atomic mass is 15.2. The third-order valence-corrected chi connectivity index (χ3v) is 4.02. The fourth-order valence-electron chi connectivity index (χ4n) is 2.82. The molecule has 1 heterocycles. The Morgan fingerprint density at radius 1 is 1.25 bits per heavy atom. The monoisotopic (exact) mass is 224 g/mol. The molecule has 2 heteroatoms. The summed E-state index contributed by atoms with van der Waals surface area (Å²) in [6, 6.07) is 1.51. The molecule has 1 saturated carbocycles. The summed E-state index contributed by atoms with van der Waals surface area (Å²) in [5.74, 6) is 1.84. The van der Waals surface area contributed by atoms with Crippen LogP contribution in [0.3, 0.4) is 0 Å². The maximum Gasteiger partial charge on any atom is 0.0197 e. The minimum absolute atomic E-state index is 0.726. The highest BCUT2D eigenvalue weighted by Gasteiger charge is 2.29. The molecule has 2 atom stereocenters. The summed E-state index contributed by atoms with van der Waals surface area (Å²) >= 11 is 0. The van der Waals surface area contributed by atoms with Gasteiger partial charge in [-0.3, -0.25) is 4.90 Å². The van der Waals surface area contributed by atoms with Gasteiger partial charge in [0.05, 0.1) is 0 Å². The molecule has 0 bridgehead atoms. The van der Waals surface area contributed by atoms with Crippen LogP contribution in [0.4, 0.5) is 0 Å². The minimum atomic E-state index is 0.726. The molecular formula is C14H28N2. The molecule has 0 amide bonds. The van der Waals surface area contributed by atoms with Crippen LogP contribution >= 0.6 is 0 Å². The van der Waals surface area contributed by atoms with Crippen molar-refractivity contribution in [3.63, 3.8) is 0 Å². The average molecular weight is 224 g/mol. The smallest absolute Gasteiger partial charge is 0.0197 e. The lowest BCUT2D eigenvalue weighted by Crippen LogP contribution is -2.41. The standard InChI is InChI=1S/C14H28N2/c1-11(2)8-14-10-16(9-13-4-5-13)12(3)6-7-15-14/h11-15H,4-10H2,1-3H3. The van der Waals surface area contributed by atoms with Gasteiger partial charge in [0.1, 0.15) is 0 Å². The predicted molar refractivity (Wildman–Crippen MR) is 69.6 cm³/mol. The second-order valence-electron chi connectivity index (χ2n) is 6.32. The zero-order chi connectivity index (χ0) is 11.5. The van der Waals surface area contributed by atoms with Gasteiger partial charge in [0.2, 0.25) is 0 Å². The predicted octanol–water partition coefficient (Wildman–Crippen LogP) is 2.49. The lowest BCUT2D eigenvalue weighted by atomic mass is 10.0. The number of rotatable bonds is 4. The molecule has 2 unspecified atom stereocenters. The average Bonchev–Trinajstić information content (AvgIpc) is 2.99. The highest BCUT2D eigenvalue weighted by Crippen LogP contribution is 2.31. The van der Waals surface area contributed by atoms with E-state index in [2.05, 4.69) is 31.0 Å². The van der Waals surface area contributed by atoms with E-state index in [1.54, 1.807) is 0 Å². The van der Waals surface area contributed by atoms with Crippen molar-refractivity contribution in [3.8, 4) is 0 Å². The second kappa shape index (κ2) is 5.50. The zero-order valence-electron chi connectivity index (χ0n) is 11.2. The number of nitrogens with zero attached hydrogens (tertiary/aromatic N) is 1. The van der Waals surface area contributed by atoms with Gasteiger partial charge in [-0.15, -0.1) is 0 Å². The Hall–Kier alpha value is -0.0800. The molecular weight excluding hydrogens is 196 g/mol. The van der Waals surface area contributed by atoms with E-state index in [1.807, 2.05) is 0 Å². The Bertz CT molecular complexity index is 211. The first kappa shape index (κ1) is 12.4. The van der Waals surface area contributed by atoms with Crippen molar-refractivity contribution in [2.75, 3.05) is 19.6 Å². The molecule has 0 radical (unpaired) electrons. The van der Waals surface area contributed by atoms with Crippen LogP contribution in [0.25, 0.3) is 0 Å². The Kier molecular flexibility index (Phi) is 4.26. The van der Waals surface area contributed by atoms with Crippen LogP contribution in [0.1, 0.15) is 46.5 Å². The van der Waals surface area contributed by atoms with E-state index in [0.717, 1.165) is 23.9 Å². The van der Waals surface area contributed by atoms with Crippen LogP contribution in [-0.2, 0) is 0 Å². The van der Waals surface area contributed by atoms with Gasteiger partial charge in [0.25, 0.3) is 0 Å². The van der Waals surface area contributed by atoms with Crippen molar-refractivity contribution in [1.29, 1.82) is 0 Å². The van der Waals surface area contributed by atoms with Crippen molar-refractivity contribution >= 4 is 0 Å². The quantitative estimate of drug-likeness (QED) is 0.789. The van der Waals surface area contributed by atoms with Crippen LogP contribution in [0, 0.1) is 11.8 Å². The second-order valence-corrected chi connectivity index (χ2v) is 6.32. The van der Waals surface area contributed by atoms with Gasteiger partial charge in [-0.05, 0) is 51.0 Å². The lowest BCUT2D eigenvalue weighted by Gasteiger charge is -2.29. The SMILES string of the molecule is CC(C)CC1CN(CC2CC2)C(C)CCN1. The molecule has 2 rings (SSSR count). The molecule has 0 aromatic rings. The molecule has 1 aliphatic heterocycles. The van der Waals surface area contributed by atoms with Crippen LogP contribution in [0.2, 0.25) is 0 Å². The molecule has 16 heavy (non-hydrogen) atoms. The van der Waals surface area contributed by atoms with Gasteiger partial charge >= 0.3 is 0 Å². The van der Waals surface area contributed by atoms with Gasteiger partial charge in [-0.25, -0.2) is 0 Å². The molecule has 2 nitrogen and oxygen atoms in total. The lowest BCUT2D eigenvalue weighted by molar-refractivity contribution is 0.190. The van der Waals surface area contributed by atoms with Gasteiger partial charge in [-0.2, -0.15) is 0 Å². The van der Waals surface area contributed by atoms with Gasteiger partial charge in [0.15, 0.2) is 0 Å². The van der Waals surface area contributed by atoms with E-state index in [-0.39, 0.29) is 0 Å². The number of hydrogen-bond acceptors (Lipinski definition) is 2. The summed E-state index contributed by atoms with van der Waals surface area (Å²) in [6.07, 6.45) is 5.60. The largest absolute Gasteiger partial charge is 0.313 e. The maximum absolute atomic E-state index is 3.73. The van der Waals surface area contributed by atoms with Crippen molar-refractivity contribution in [2.45, 2.75) is 58.5 Å². The van der Waals surface area contributed by atoms with Gasteiger partial charge in [0, 0.05) is 25.2 Å².